The number of amides is 1. The minimum atomic E-state index is -0.406. The molecular formula is C22H18N2O3. The number of fused-ring (bicyclic) bond motifs is 1. The molecule has 5 nitrogen and oxygen atoms in total. The van der Waals surface area contributed by atoms with Crippen LogP contribution in [-0.4, -0.2) is 17.4 Å². The molecule has 0 aliphatic rings. The standard InChI is InChI=1S/C22H18N2O3/c25-21(23-12-11-18-6-3-13-27-18)19-9-10-20(24-22(19)26)17-8-7-15-4-1-2-5-16(15)14-17/h1-10,13-14H,11-12H2,(H,23,25)(H,24,26). The highest BCUT2D eigenvalue weighted by atomic mass is 16.3. The molecule has 134 valence electrons. The van der Waals surface area contributed by atoms with E-state index in [1.165, 1.54) is 0 Å². The lowest BCUT2D eigenvalue weighted by Gasteiger charge is -2.07. The third-order valence-corrected chi connectivity index (χ3v) is 4.45. The number of aromatic amines is 1. The van der Waals surface area contributed by atoms with Crippen LogP contribution in [-0.2, 0) is 6.42 Å². The van der Waals surface area contributed by atoms with E-state index in [4.69, 9.17) is 4.42 Å². The summed E-state index contributed by atoms with van der Waals surface area (Å²) >= 11 is 0. The summed E-state index contributed by atoms with van der Waals surface area (Å²) in [6.07, 6.45) is 2.17. The number of pyridine rings is 1. The van der Waals surface area contributed by atoms with E-state index >= 15 is 0 Å². The zero-order valence-electron chi connectivity index (χ0n) is 14.6. The van der Waals surface area contributed by atoms with Crippen LogP contribution in [0.2, 0.25) is 0 Å². The second kappa shape index (κ2) is 7.33. The van der Waals surface area contributed by atoms with Crippen LogP contribution < -0.4 is 10.9 Å². The maximum absolute atomic E-state index is 12.4. The topological polar surface area (TPSA) is 75.1 Å². The first kappa shape index (κ1) is 16.8. The Hall–Kier alpha value is -3.60. The predicted molar refractivity (Wildman–Crippen MR) is 105 cm³/mol. The van der Waals surface area contributed by atoms with Crippen LogP contribution in [0, 0.1) is 0 Å². The summed E-state index contributed by atoms with van der Waals surface area (Å²) in [5.74, 6) is 0.392. The third-order valence-electron chi connectivity index (χ3n) is 4.45. The van der Waals surface area contributed by atoms with Gasteiger partial charge in [-0.2, -0.15) is 0 Å². The monoisotopic (exact) mass is 358 g/mol. The molecule has 27 heavy (non-hydrogen) atoms. The molecule has 0 bridgehead atoms. The van der Waals surface area contributed by atoms with Crippen molar-refractivity contribution in [2.75, 3.05) is 6.54 Å². The van der Waals surface area contributed by atoms with Crippen molar-refractivity contribution in [1.29, 1.82) is 0 Å². The molecule has 2 N–H and O–H groups in total. The van der Waals surface area contributed by atoms with E-state index < -0.39 is 11.5 Å². The number of aromatic nitrogens is 1. The Morgan fingerprint density at radius 1 is 0.963 bits per heavy atom. The fourth-order valence-corrected chi connectivity index (χ4v) is 3.03. The quantitative estimate of drug-likeness (QED) is 0.570. The molecule has 1 amide bonds. The first-order valence-electron chi connectivity index (χ1n) is 8.74. The van der Waals surface area contributed by atoms with Gasteiger partial charge in [-0.1, -0.05) is 36.4 Å². The van der Waals surface area contributed by atoms with Gasteiger partial charge in [-0.05, 0) is 46.7 Å². The first-order valence-corrected chi connectivity index (χ1v) is 8.74. The van der Waals surface area contributed by atoms with Crippen molar-refractivity contribution in [3.8, 4) is 11.3 Å². The van der Waals surface area contributed by atoms with Crippen LogP contribution in [0.15, 0.2) is 82.2 Å². The van der Waals surface area contributed by atoms with E-state index in [0.29, 0.717) is 18.7 Å². The summed E-state index contributed by atoms with van der Waals surface area (Å²) < 4.78 is 5.22. The second-order valence-electron chi connectivity index (χ2n) is 6.26. The smallest absolute Gasteiger partial charge is 0.261 e. The van der Waals surface area contributed by atoms with Gasteiger partial charge in [0.1, 0.15) is 11.3 Å². The molecular weight excluding hydrogens is 340 g/mol. The van der Waals surface area contributed by atoms with Gasteiger partial charge in [-0.3, -0.25) is 9.59 Å². The molecule has 2 heterocycles. The number of carbonyl (C=O) groups excluding carboxylic acids is 1. The minimum Gasteiger partial charge on any atom is -0.469 e. The van der Waals surface area contributed by atoms with Gasteiger partial charge in [0.2, 0.25) is 0 Å². The van der Waals surface area contributed by atoms with Crippen LogP contribution >= 0.6 is 0 Å². The molecule has 5 heteroatoms. The highest BCUT2D eigenvalue weighted by molar-refractivity contribution is 5.94. The number of hydrogen-bond acceptors (Lipinski definition) is 3. The number of furan rings is 1. The van der Waals surface area contributed by atoms with Crippen LogP contribution in [0.4, 0.5) is 0 Å². The Labute approximate surface area is 155 Å². The Morgan fingerprint density at radius 2 is 1.81 bits per heavy atom. The molecule has 2 aromatic heterocycles. The molecule has 0 fully saturated rings. The van der Waals surface area contributed by atoms with E-state index in [2.05, 4.69) is 10.3 Å². The minimum absolute atomic E-state index is 0.0963. The molecule has 0 saturated heterocycles. The zero-order chi connectivity index (χ0) is 18.6. The summed E-state index contributed by atoms with van der Waals surface area (Å²) in [5.41, 5.74) is 1.27. The molecule has 0 radical (unpaired) electrons. The van der Waals surface area contributed by atoms with Gasteiger partial charge in [0.25, 0.3) is 11.5 Å². The van der Waals surface area contributed by atoms with Crippen molar-refractivity contribution >= 4 is 16.7 Å². The van der Waals surface area contributed by atoms with E-state index in [1.807, 2.05) is 48.5 Å². The van der Waals surface area contributed by atoms with Gasteiger partial charge < -0.3 is 14.7 Å². The van der Waals surface area contributed by atoms with Gasteiger partial charge in [0.05, 0.1) is 6.26 Å². The first-order chi connectivity index (χ1) is 13.2. The Kier molecular flexibility index (Phi) is 4.58. The molecule has 0 aliphatic heterocycles. The van der Waals surface area contributed by atoms with Crippen molar-refractivity contribution in [3.05, 3.63) is 94.7 Å². The fraction of sp³-hybridized carbons (Fsp3) is 0.0909. The van der Waals surface area contributed by atoms with Crippen LogP contribution in [0.3, 0.4) is 0 Å². The van der Waals surface area contributed by atoms with Crippen LogP contribution in [0.25, 0.3) is 22.0 Å². The van der Waals surface area contributed by atoms with Gasteiger partial charge >= 0.3 is 0 Å². The summed E-state index contributed by atoms with van der Waals surface area (Å²) in [6.45, 7) is 0.401. The SMILES string of the molecule is O=C(NCCc1ccco1)c1ccc(-c2ccc3ccccc3c2)[nH]c1=O. The number of hydrogen-bond donors (Lipinski definition) is 2. The Morgan fingerprint density at radius 3 is 2.59 bits per heavy atom. The summed E-state index contributed by atoms with van der Waals surface area (Å²) in [7, 11) is 0. The number of carbonyl (C=O) groups is 1. The molecule has 0 aliphatic carbocycles. The highest BCUT2D eigenvalue weighted by Crippen LogP contribution is 2.22. The molecule has 2 aromatic carbocycles. The molecule has 4 aromatic rings. The second-order valence-corrected chi connectivity index (χ2v) is 6.26. The Balaban J connectivity index is 1.51. The molecule has 0 spiro atoms. The van der Waals surface area contributed by atoms with Crippen molar-refractivity contribution in [2.24, 2.45) is 0 Å². The molecule has 4 rings (SSSR count). The van der Waals surface area contributed by atoms with Gasteiger partial charge in [0, 0.05) is 18.7 Å². The van der Waals surface area contributed by atoms with E-state index in [-0.39, 0.29) is 5.56 Å². The molecule has 0 saturated carbocycles. The van der Waals surface area contributed by atoms with Crippen molar-refractivity contribution in [2.45, 2.75) is 6.42 Å². The lowest BCUT2D eigenvalue weighted by molar-refractivity contribution is 0.0952. The maximum atomic E-state index is 12.4. The maximum Gasteiger partial charge on any atom is 0.261 e. The van der Waals surface area contributed by atoms with E-state index in [0.717, 1.165) is 22.1 Å². The summed E-state index contributed by atoms with van der Waals surface area (Å²) in [6, 6.07) is 21.0. The average Bonchev–Trinajstić information content (AvgIpc) is 3.21. The number of rotatable bonds is 5. The van der Waals surface area contributed by atoms with Crippen molar-refractivity contribution < 1.29 is 9.21 Å². The normalized spacial score (nSPS) is 10.8. The number of nitrogens with one attached hydrogen (secondary N) is 2. The number of H-pyrrole nitrogens is 1. The zero-order valence-corrected chi connectivity index (χ0v) is 14.6. The van der Waals surface area contributed by atoms with Gasteiger partial charge in [-0.25, -0.2) is 0 Å². The summed E-state index contributed by atoms with van der Waals surface area (Å²) in [5, 5.41) is 4.97. The highest BCUT2D eigenvalue weighted by Gasteiger charge is 2.11. The van der Waals surface area contributed by atoms with Crippen molar-refractivity contribution in [3.63, 3.8) is 0 Å². The number of benzene rings is 2. The van der Waals surface area contributed by atoms with Gasteiger partial charge in [0.15, 0.2) is 0 Å². The predicted octanol–water partition coefficient (Wildman–Crippen LogP) is 3.76. The van der Waals surface area contributed by atoms with E-state index in [1.54, 1.807) is 24.5 Å². The Bertz CT molecular complexity index is 1140. The third kappa shape index (κ3) is 3.67. The fourth-order valence-electron chi connectivity index (χ4n) is 3.03. The molecule has 0 atom stereocenters. The lowest BCUT2D eigenvalue weighted by atomic mass is 10.0. The lowest BCUT2D eigenvalue weighted by Crippen LogP contribution is -2.31. The molecule has 0 unspecified atom stereocenters. The van der Waals surface area contributed by atoms with E-state index in [9.17, 15) is 9.59 Å². The van der Waals surface area contributed by atoms with Gasteiger partial charge in [-0.15, -0.1) is 0 Å². The van der Waals surface area contributed by atoms with Crippen LogP contribution in [0.1, 0.15) is 16.1 Å². The van der Waals surface area contributed by atoms with Crippen LogP contribution in [0.5, 0.6) is 0 Å². The van der Waals surface area contributed by atoms with Crippen molar-refractivity contribution in [1.82, 2.24) is 10.3 Å². The largest absolute Gasteiger partial charge is 0.469 e. The summed E-state index contributed by atoms with van der Waals surface area (Å²) in [4.78, 5) is 27.4. The average molecular weight is 358 g/mol.